The van der Waals surface area contributed by atoms with E-state index in [2.05, 4.69) is 10.6 Å². The van der Waals surface area contributed by atoms with Crippen molar-refractivity contribution in [3.05, 3.63) is 65.2 Å². The van der Waals surface area contributed by atoms with Crippen molar-refractivity contribution >= 4 is 17.7 Å². The van der Waals surface area contributed by atoms with E-state index in [0.717, 1.165) is 22.4 Å². The van der Waals surface area contributed by atoms with Gasteiger partial charge in [-0.3, -0.25) is 4.79 Å². The zero-order valence-electron chi connectivity index (χ0n) is 17.7. The molecule has 0 aliphatic rings. The summed E-state index contributed by atoms with van der Waals surface area (Å²) in [5.74, 6) is -0.360. The van der Waals surface area contributed by atoms with Gasteiger partial charge in [0, 0.05) is 5.69 Å². The van der Waals surface area contributed by atoms with E-state index in [9.17, 15) is 9.59 Å². The molecule has 2 rings (SSSR count). The van der Waals surface area contributed by atoms with Crippen molar-refractivity contribution in [2.75, 3.05) is 11.9 Å². The third-order valence-corrected chi connectivity index (χ3v) is 4.13. The molecule has 0 aliphatic carbocycles. The molecule has 0 saturated carbocycles. The molecule has 2 N–H and O–H groups in total. The summed E-state index contributed by atoms with van der Waals surface area (Å²) in [5.41, 5.74) is 2.94. The monoisotopic (exact) mass is 398 g/mol. The molecule has 1 atom stereocenters. The van der Waals surface area contributed by atoms with Crippen LogP contribution in [-0.4, -0.2) is 30.3 Å². The lowest BCUT2D eigenvalue weighted by Crippen LogP contribution is -2.48. The number of amides is 2. The van der Waals surface area contributed by atoms with Crippen molar-refractivity contribution in [1.82, 2.24) is 5.32 Å². The quantitative estimate of drug-likeness (QED) is 0.727. The highest BCUT2D eigenvalue weighted by Crippen LogP contribution is 2.19. The Kier molecular flexibility index (Phi) is 7.79. The Morgan fingerprint density at radius 3 is 2.17 bits per heavy atom. The molecule has 6 nitrogen and oxygen atoms in total. The van der Waals surface area contributed by atoms with E-state index in [1.807, 2.05) is 62.4 Å². The number of rotatable bonds is 7. The Bertz CT molecular complexity index is 808. The van der Waals surface area contributed by atoms with Crippen molar-refractivity contribution in [1.29, 1.82) is 0 Å². The van der Waals surface area contributed by atoms with Crippen LogP contribution in [0.3, 0.4) is 0 Å². The van der Waals surface area contributed by atoms with Gasteiger partial charge in [0.15, 0.2) is 0 Å². The van der Waals surface area contributed by atoms with Gasteiger partial charge in [-0.1, -0.05) is 48.5 Å². The van der Waals surface area contributed by atoms with Crippen LogP contribution in [0.5, 0.6) is 0 Å². The molecule has 29 heavy (non-hydrogen) atoms. The van der Waals surface area contributed by atoms with Crippen molar-refractivity contribution in [2.24, 2.45) is 0 Å². The Morgan fingerprint density at radius 1 is 0.966 bits per heavy atom. The van der Waals surface area contributed by atoms with E-state index in [1.165, 1.54) is 0 Å². The van der Waals surface area contributed by atoms with Crippen molar-refractivity contribution in [2.45, 2.75) is 52.9 Å². The first-order chi connectivity index (χ1) is 13.7. The van der Waals surface area contributed by atoms with Gasteiger partial charge in [0.2, 0.25) is 5.91 Å². The summed E-state index contributed by atoms with van der Waals surface area (Å²) in [4.78, 5) is 25.1. The van der Waals surface area contributed by atoms with Gasteiger partial charge in [-0.25, -0.2) is 4.79 Å². The van der Waals surface area contributed by atoms with Gasteiger partial charge in [-0.05, 0) is 51.3 Å². The fourth-order valence-corrected chi connectivity index (χ4v) is 2.72. The molecule has 2 aromatic rings. The normalized spacial score (nSPS) is 12.2. The summed E-state index contributed by atoms with van der Waals surface area (Å²) in [7, 11) is 0. The number of ether oxygens (including phenoxy) is 2. The molecule has 0 saturated heterocycles. The van der Waals surface area contributed by atoms with Crippen LogP contribution in [0, 0.1) is 13.8 Å². The smallest absolute Gasteiger partial charge is 0.408 e. The lowest BCUT2D eigenvalue weighted by Gasteiger charge is -2.24. The SMILES string of the molecule is Cc1cccc(C)c1NC(=O)[C@H](COCc1ccccc1)NC(=O)OC(C)(C)C. The molecule has 156 valence electrons. The van der Waals surface area contributed by atoms with Crippen LogP contribution in [0.25, 0.3) is 0 Å². The minimum atomic E-state index is -0.896. The fraction of sp³-hybridized carbons (Fsp3) is 0.391. The van der Waals surface area contributed by atoms with Crippen LogP contribution >= 0.6 is 0 Å². The van der Waals surface area contributed by atoms with E-state index in [0.29, 0.717) is 6.61 Å². The van der Waals surface area contributed by atoms with Crippen molar-refractivity contribution < 1.29 is 19.1 Å². The molecular formula is C23H30N2O4. The van der Waals surface area contributed by atoms with Gasteiger partial charge in [0.25, 0.3) is 0 Å². The number of aryl methyl sites for hydroxylation is 2. The number of hydrogen-bond acceptors (Lipinski definition) is 4. The fourth-order valence-electron chi connectivity index (χ4n) is 2.72. The summed E-state index contributed by atoms with van der Waals surface area (Å²) < 4.78 is 11.0. The minimum Gasteiger partial charge on any atom is -0.444 e. The zero-order valence-corrected chi connectivity index (χ0v) is 17.7. The van der Waals surface area contributed by atoms with E-state index in [-0.39, 0.29) is 12.5 Å². The van der Waals surface area contributed by atoms with Crippen LogP contribution in [0.15, 0.2) is 48.5 Å². The Hall–Kier alpha value is -2.86. The maximum atomic E-state index is 12.9. The van der Waals surface area contributed by atoms with Gasteiger partial charge in [0.1, 0.15) is 11.6 Å². The van der Waals surface area contributed by atoms with E-state index in [1.54, 1.807) is 20.8 Å². The summed E-state index contributed by atoms with van der Waals surface area (Å²) in [5, 5.41) is 5.53. The number of para-hydroxylation sites is 1. The predicted octanol–water partition coefficient (Wildman–Crippen LogP) is 4.35. The highest BCUT2D eigenvalue weighted by molar-refractivity contribution is 5.97. The van der Waals surface area contributed by atoms with Gasteiger partial charge < -0.3 is 20.1 Å². The largest absolute Gasteiger partial charge is 0.444 e. The molecule has 2 aromatic carbocycles. The summed E-state index contributed by atoms with van der Waals surface area (Å²) in [6, 6.07) is 14.5. The van der Waals surface area contributed by atoms with Crippen LogP contribution < -0.4 is 10.6 Å². The number of benzene rings is 2. The highest BCUT2D eigenvalue weighted by Gasteiger charge is 2.25. The summed E-state index contributed by atoms with van der Waals surface area (Å²) in [6.45, 7) is 9.50. The number of nitrogens with one attached hydrogen (secondary N) is 2. The van der Waals surface area contributed by atoms with Gasteiger partial charge in [0.05, 0.1) is 13.2 Å². The molecule has 0 radical (unpaired) electrons. The van der Waals surface area contributed by atoms with Crippen LogP contribution in [0.2, 0.25) is 0 Å². The van der Waals surface area contributed by atoms with Gasteiger partial charge >= 0.3 is 6.09 Å². The van der Waals surface area contributed by atoms with Gasteiger partial charge in [-0.2, -0.15) is 0 Å². The molecule has 0 aromatic heterocycles. The zero-order chi connectivity index (χ0) is 21.4. The third kappa shape index (κ3) is 7.58. The predicted molar refractivity (Wildman–Crippen MR) is 114 cm³/mol. The van der Waals surface area contributed by atoms with Crippen LogP contribution in [0.4, 0.5) is 10.5 Å². The summed E-state index contributed by atoms with van der Waals surface area (Å²) in [6.07, 6.45) is -0.664. The standard InChI is InChI=1S/C23H30N2O4/c1-16-10-9-11-17(2)20(16)25-21(26)19(24-22(27)29-23(3,4)5)15-28-14-18-12-7-6-8-13-18/h6-13,19H,14-15H2,1-5H3,(H,24,27)(H,25,26)/t19-/m0/s1. The highest BCUT2D eigenvalue weighted by atomic mass is 16.6. The molecule has 2 amide bonds. The lowest BCUT2D eigenvalue weighted by atomic mass is 10.1. The maximum Gasteiger partial charge on any atom is 0.408 e. The molecular weight excluding hydrogens is 368 g/mol. The number of hydrogen-bond donors (Lipinski definition) is 2. The molecule has 0 aliphatic heterocycles. The summed E-state index contributed by atoms with van der Waals surface area (Å²) >= 11 is 0. The van der Waals surface area contributed by atoms with Crippen LogP contribution in [0.1, 0.15) is 37.5 Å². The van der Waals surface area contributed by atoms with E-state index >= 15 is 0 Å². The number of anilines is 1. The van der Waals surface area contributed by atoms with Gasteiger partial charge in [-0.15, -0.1) is 0 Å². The first-order valence-electron chi connectivity index (χ1n) is 9.64. The second kappa shape index (κ2) is 10.1. The Balaban J connectivity index is 2.07. The Morgan fingerprint density at radius 2 is 1.59 bits per heavy atom. The second-order valence-corrected chi connectivity index (χ2v) is 7.96. The second-order valence-electron chi connectivity index (χ2n) is 7.96. The van der Waals surface area contributed by atoms with Crippen molar-refractivity contribution in [3.63, 3.8) is 0 Å². The molecule has 0 spiro atoms. The van der Waals surface area contributed by atoms with E-state index in [4.69, 9.17) is 9.47 Å². The third-order valence-electron chi connectivity index (χ3n) is 4.13. The average Bonchev–Trinajstić information content (AvgIpc) is 2.63. The minimum absolute atomic E-state index is 0.0187. The van der Waals surface area contributed by atoms with E-state index < -0.39 is 17.7 Å². The Labute approximate surface area is 172 Å². The molecule has 0 unspecified atom stereocenters. The number of carbonyl (C=O) groups excluding carboxylic acids is 2. The number of alkyl carbamates (subject to hydrolysis) is 1. The lowest BCUT2D eigenvalue weighted by molar-refractivity contribution is -0.119. The molecule has 0 heterocycles. The topological polar surface area (TPSA) is 76.7 Å². The first-order valence-corrected chi connectivity index (χ1v) is 9.64. The first kappa shape index (κ1) is 22.4. The maximum absolute atomic E-state index is 12.9. The average molecular weight is 399 g/mol. The van der Waals surface area contributed by atoms with Crippen LogP contribution in [-0.2, 0) is 20.9 Å². The molecule has 6 heteroatoms. The molecule has 0 bridgehead atoms. The molecule has 0 fully saturated rings. The van der Waals surface area contributed by atoms with Crippen molar-refractivity contribution in [3.8, 4) is 0 Å². The number of carbonyl (C=O) groups is 2.